The van der Waals surface area contributed by atoms with Crippen LogP contribution in [-0.2, 0) is 23.1 Å². The molecule has 0 radical (unpaired) electrons. The number of hydrogen-bond acceptors (Lipinski definition) is 5. The highest BCUT2D eigenvalue weighted by molar-refractivity contribution is 7.89. The largest absolute Gasteiger partial charge is 0.334 e. The molecule has 0 bridgehead atoms. The molecule has 8 nitrogen and oxygen atoms in total. The van der Waals surface area contributed by atoms with Crippen LogP contribution in [0.3, 0.4) is 0 Å². The van der Waals surface area contributed by atoms with Crippen LogP contribution in [0, 0.1) is 6.92 Å². The van der Waals surface area contributed by atoms with Gasteiger partial charge in [0.1, 0.15) is 17.1 Å². The van der Waals surface area contributed by atoms with Gasteiger partial charge in [-0.05, 0) is 25.8 Å². The molecule has 0 unspecified atom stereocenters. The van der Waals surface area contributed by atoms with E-state index in [1.807, 2.05) is 16.8 Å². The van der Waals surface area contributed by atoms with Crippen LogP contribution >= 0.6 is 11.6 Å². The topological polar surface area (TPSA) is 109 Å². The lowest BCUT2D eigenvalue weighted by molar-refractivity contribution is 0.551. The Morgan fingerprint density at radius 2 is 1.88 bits per heavy atom. The van der Waals surface area contributed by atoms with E-state index in [1.165, 1.54) is 12.7 Å². The molecule has 0 atom stereocenters. The van der Waals surface area contributed by atoms with E-state index in [0.29, 0.717) is 17.4 Å². The lowest BCUT2D eigenvalue weighted by Crippen LogP contribution is -2.14. The number of halogens is 1. The van der Waals surface area contributed by atoms with Crippen molar-refractivity contribution in [2.75, 3.05) is 0 Å². The second kappa shape index (κ2) is 6.50. The minimum absolute atomic E-state index is 0.0646. The second-order valence-corrected chi connectivity index (χ2v) is 7.33. The number of primary sulfonamides is 1. The number of hydrogen-bond donors (Lipinski definition) is 1. The van der Waals surface area contributed by atoms with Crippen LogP contribution in [0.15, 0.2) is 29.9 Å². The van der Waals surface area contributed by atoms with Crippen molar-refractivity contribution in [2.45, 2.75) is 37.9 Å². The molecule has 3 heterocycles. The maximum Gasteiger partial charge on any atom is 0.257 e. The fraction of sp³-hybridized carbons (Fsp3) is 0.357. The zero-order valence-corrected chi connectivity index (χ0v) is 14.6. The first kappa shape index (κ1) is 16.9. The van der Waals surface area contributed by atoms with Gasteiger partial charge >= 0.3 is 0 Å². The summed E-state index contributed by atoms with van der Waals surface area (Å²) >= 11 is 6.03. The maximum atomic E-state index is 11.4. The Morgan fingerprint density at radius 3 is 2.54 bits per heavy atom. The molecule has 0 amide bonds. The first-order valence-electron chi connectivity index (χ1n) is 7.38. The zero-order valence-electron chi connectivity index (χ0n) is 13.1. The number of imidazole rings is 1. The van der Waals surface area contributed by atoms with E-state index in [-0.39, 0.29) is 5.03 Å². The van der Waals surface area contributed by atoms with Gasteiger partial charge in [-0.2, -0.15) is 0 Å². The molecule has 24 heavy (non-hydrogen) atoms. The minimum atomic E-state index is -3.77. The third-order valence-electron chi connectivity index (χ3n) is 3.88. The number of aromatic nitrogens is 5. The molecule has 0 aliphatic carbocycles. The molecule has 128 valence electrons. The second-order valence-electron chi connectivity index (χ2n) is 5.49. The normalized spacial score (nSPS) is 12.1. The van der Waals surface area contributed by atoms with Gasteiger partial charge < -0.3 is 9.13 Å². The molecule has 0 aliphatic rings. The summed E-state index contributed by atoms with van der Waals surface area (Å²) in [4.78, 5) is 12.1. The van der Waals surface area contributed by atoms with Crippen molar-refractivity contribution >= 4 is 32.7 Å². The van der Waals surface area contributed by atoms with Crippen LogP contribution in [0.4, 0.5) is 0 Å². The van der Waals surface area contributed by atoms with Crippen molar-refractivity contribution in [2.24, 2.45) is 5.14 Å². The van der Waals surface area contributed by atoms with Crippen LogP contribution in [0.25, 0.3) is 11.0 Å². The van der Waals surface area contributed by atoms with Crippen molar-refractivity contribution < 1.29 is 8.42 Å². The van der Waals surface area contributed by atoms with Gasteiger partial charge in [-0.25, -0.2) is 28.5 Å². The van der Waals surface area contributed by atoms with E-state index in [0.717, 1.165) is 30.4 Å². The first-order valence-corrected chi connectivity index (χ1v) is 9.30. The highest BCUT2D eigenvalue weighted by Gasteiger charge is 2.16. The van der Waals surface area contributed by atoms with Crippen molar-refractivity contribution in [3.63, 3.8) is 0 Å². The summed E-state index contributed by atoms with van der Waals surface area (Å²) in [7, 11) is -3.77. The van der Waals surface area contributed by atoms with E-state index >= 15 is 0 Å². The molecule has 2 N–H and O–H groups in total. The predicted molar refractivity (Wildman–Crippen MR) is 90.1 cm³/mol. The molecule has 0 fully saturated rings. The number of nitrogens with zero attached hydrogens (tertiary/aromatic N) is 5. The molecule has 0 saturated carbocycles. The predicted octanol–water partition coefficient (Wildman–Crippen LogP) is 1.72. The van der Waals surface area contributed by atoms with Crippen LogP contribution in [-0.4, -0.2) is 32.5 Å². The molecule has 0 aliphatic heterocycles. The first-order chi connectivity index (χ1) is 11.4. The third-order valence-corrected chi connectivity index (χ3v) is 5.12. The van der Waals surface area contributed by atoms with E-state index in [4.69, 9.17) is 16.7 Å². The van der Waals surface area contributed by atoms with Crippen LogP contribution in [0.5, 0.6) is 0 Å². The van der Waals surface area contributed by atoms with Crippen molar-refractivity contribution in [1.29, 1.82) is 0 Å². The Balaban J connectivity index is 1.61. The van der Waals surface area contributed by atoms with Gasteiger partial charge in [-0.15, -0.1) is 0 Å². The molecule has 3 rings (SSSR count). The van der Waals surface area contributed by atoms with Gasteiger partial charge in [-0.1, -0.05) is 11.6 Å². The fourth-order valence-electron chi connectivity index (χ4n) is 2.65. The van der Waals surface area contributed by atoms with Crippen LogP contribution in [0.1, 0.15) is 18.5 Å². The summed E-state index contributed by atoms with van der Waals surface area (Å²) in [5, 5.41) is 6.34. The van der Waals surface area contributed by atoms with Gasteiger partial charge in [0.25, 0.3) is 10.0 Å². The molecular formula is C14H17ClN6O2S. The summed E-state index contributed by atoms with van der Waals surface area (Å²) < 4.78 is 26.6. The molecule has 0 saturated heterocycles. The molecule has 3 aromatic heterocycles. The van der Waals surface area contributed by atoms with Crippen LogP contribution in [0.2, 0.25) is 5.15 Å². The summed E-state index contributed by atoms with van der Waals surface area (Å²) in [5.41, 5.74) is 1.37. The fourth-order valence-corrected chi connectivity index (χ4v) is 3.56. The lowest BCUT2D eigenvalue weighted by atomic mass is 10.3. The van der Waals surface area contributed by atoms with Gasteiger partial charge in [0.05, 0.1) is 17.4 Å². The molecule has 3 aromatic rings. The van der Waals surface area contributed by atoms with Crippen molar-refractivity contribution in [1.82, 2.24) is 24.1 Å². The quantitative estimate of drug-likeness (QED) is 0.526. The van der Waals surface area contributed by atoms with E-state index in [2.05, 4.69) is 15.0 Å². The molecule has 0 aromatic carbocycles. The van der Waals surface area contributed by atoms with Crippen molar-refractivity contribution in [3.8, 4) is 0 Å². The summed E-state index contributed by atoms with van der Waals surface area (Å²) in [6.45, 7) is 3.15. The van der Waals surface area contributed by atoms with Gasteiger partial charge in [0, 0.05) is 19.3 Å². The zero-order chi connectivity index (χ0) is 17.3. The SMILES string of the molecule is Cc1c(S(N)(=O)=O)ncn1CCCCn1ccc2c(Cl)ncnc21. The molecule has 10 heteroatoms. The van der Waals surface area contributed by atoms with E-state index in [9.17, 15) is 8.42 Å². The summed E-state index contributed by atoms with van der Waals surface area (Å²) in [6, 6.07) is 1.90. The summed E-state index contributed by atoms with van der Waals surface area (Å²) in [6.07, 6.45) is 6.65. The number of rotatable bonds is 6. The van der Waals surface area contributed by atoms with Gasteiger partial charge in [-0.3, -0.25) is 0 Å². The highest BCUT2D eigenvalue weighted by Crippen LogP contribution is 2.20. The Hall–Kier alpha value is -1.97. The van der Waals surface area contributed by atoms with Crippen LogP contribution < -0.4 is 5.14 Å². The standard InChI is InChI=1S/C14H17ClN6O2S/c1-10-14(24(16,22)23)19-9-21(10)6-3-2-5-20-7-4-11-12(15)17-8-18-13(11)20/h4,7-9H,2-3,5-6H2,1H3,(H2,16,22,23). The maximum absolute atomic E-state index is 11.4. The number of sulfonamides is 1. The Labute approximate surface area is 144 Å². The number of nitrogens with two attached hydrogens (primary N) is 1. The van der Waals surface area contributed by atoms with E-state index in [1.54, 1.807) is 11.5 Å². The number of fused-ring (bicyclic) bond motifs is 1. The average molecular weight is 369 g/mol. The minimum Gasteiger partial charge on any atom is -0.334 e. The Morgan fingerprint density at radius 1 is 1.17 bits per heavy atom. The number of aryl methyl sites for hydroxylation is 2. The number of unbranched alkanes of at least 4 members (excludes halogenated alkanes) is 1. The Kier molecular flexibility index (Phi) is 4.57. The lowest BCUT2D eigenvalue weighted by Gasteiger charge is -2.07. The average Bonchev–Trinajstić information content (AvgIpc) is 3.08. The third kappa shape index (κ3) is 3.28. The molecular weight excluding hydrogens is 352 g/mol. The smallest absolute Gasteiger partial charge is 0.257 e. The van der Waals surface area contributed by atoms with Gasteiger partial charge in [0.15, 0.2) is 5.03 Å². The van der Waals surface area contributed by atoms with Crippen molar-refractivity contribution in [3.05, 3.63) is 35.8 Å². The highest BCUT2D eigenvalue weighted by atomic mass is 35.5. The monoisotopic (exact) mass is 368 g/mol. The Bertz CT molecular complexity index is 978. The molecule has 0 spiro atoms. The van der Waals surface area contributed by atoms with Gasteiger partial charge in [0.2, 0.25) is 0 Å². The summed E-state index contributed by atoms with van der Waals surface area (Å²) in [5.74, 6) is 0. The van der Waals surface area contributed by atoms with E-state index < -0.39 is 10.0 Å².